The Bertz CT molecular complexity index is 1170. The molecule has 2 aromatic rings. The maximum atomic E-state index is 12.8. The number of esters is 1. The van der Waals surface area contributed by atoms with E-state index in [0.717, 1.165) is 5.56 Å². The SMILES string of the molecule is COc1cc(C=CC(=O)OCCN2CCOC2=O)ccc1OS(=O)(=O)c1cc(C)ccc1C. The van der Waals surface area contributed by atoms with Crippen LogP contribution in [0.15, 0.2) is 47.4 Å². The molecule has 1 aliphatic rings. The average molecular weight is 476 g/mol. The molecule has 0 atom stereocenters. The Labute approximate surface area is 192 Å². The number of ether oxygens (including phenoxy) is 3. The third-order valence-corrected chi connectivity index (χ3v) is 6.24. The molecular formula is C23H25NO8S. The van der Waals surface area contributed by atoms with Crippen LogP contribution in [0.4, 0.5) is 4.79 Å². The van der Waals surface area contributed by atoms with Crippen molar-refractivity contribution < 1.29 is 36.4 Å². The molecule has 1 saturated heterocycles. The summed E-state index contributed by atoms with van der Waals surface area (Å²) in [6, 6.07) is 9.66. The summed E-state index contributed by atoms with van der Waals surface area (Å²) in [6.07, 6.45) is 2.30. The summed E-state index contributed by atoms with van der Waals surface area (Å²) >= 11 is 0. The first-order chi connectivity index (χ1) is 15.7. The van der Waals surface area contributed by atoms with Crippen LogP contribution in [-0.2, 0) is 24.4 Å². The van der Waals surface area contributed by atoms with E-state index < -0.39 is 22.2 Å². The van der Waals surface area contributed by atoms with Crippen molar-refractivity contribution in [2.75, 3.05) is 33.4 Å². The zero-order chi connectivity index (χ0) is 24.0. The summed E-state index contributed by atoms with van der Waals surface area (Å²) in [5.74, 6) is -0.373. The highest BCUT2D eigenvalue weighted by Crippen LogP contribution is 2.32. The van der Waals surface area contributed by atoms with E-state index in [1.165, 1.54) is 36.3 Å². The number of rotatable bonds is 9. The van der Waals surface area contributed by atoms with Gasteiger partial charge in [-0.05, 0) is 54.8 Å². The minimum atomic E-state index is -4.07. The number of amides is 1. The second-order valence-corrected chi connectivity index (χ2v) is 8.83. The normalized spacial score (nSPS) is 13.8. The molecule has 0 aliphatic carbocycles. The van der Waals surface area contributed by atoms with Crippen LogP contribution in [0.2, 0.25) is 0 Å². The highest BCUT2D eigenvalue weighted by molar-refractivity contribution is 7.87. The van der Waals surface area contributed by atoms with Crippen LogP contribution >= 0.6 is 0 Å². The summed E-state index contributed by atoms with van der Waals surface area (Å²) in [5, 5.41) is 0. The van der Waals surface area contributed by atoms with Gasteiger partial charge in [0.15, 0.2) is 11.5 Å². The number of aryl methyl sites for hydroxylation is 2. The van der Waals surface area contributed by atoms with Gasteiger partial charge in [0.25, 0.3) is 0 Å². The average Bonchev–Trinajstić information content (AvgIpc) is 3.19. The van der Waals surface area contributed by atoms with Crippen molar-refractivity contribution >= 4 is 28.3 Å². The van der Waals surface area contributed by atoms with E-state index in [1.54, 1.807) is 32.0 Å². The Morgan fingerprint density at radius 3 is 2.64 bits per heavy atom. The third kappa shape index (κ3) is 6.26. The Hall–Kier alpha value is -3.53. The molecule has 176 valence electrons. The van der Waals surface area contributed by atoms with Crippen molar-refractivity contribution in [1.82, 2.24) is 4.90 Å². The van der Waals surface area contributed by atoms with Gasteiger partial charge in [-0.3, -0.25) is 0 Å². The van der Waals surface area contributed by atoms with Gasteiger partial charge in [-0.2, -0.15) is 8.42 Å². The Morgan fingerprint density at radius 2 is 1.94 bits per heavy atom. The molecule has 1 aliphatic heterocycles. The lowest BCUT2D eigenvalue weighted by molar-refractivity contribution is -0.137. The summed E-state index contributed by atoms with van der Waals surface area (Å²) in [7, 11) is -2.68. The fourth-order valence-electron chi connectivity index (χ4n) is 3.09. The number of hydrogen-bond acceptors (Lipinski definition) is 8. The first-order valence-corrected chi connectivity index (χ1v) is 11.6. The summed E-state index contributed by atoms with van der Waals surface area (Å²) in [5.41, 5.74) is 1.94. The highest BCUT2D eigenvalue weighted by atomic mass is 32.2. The zero-order valence-electron chi connectivity index (χ0n) is 18.6. The van der Waals surface area contributed by atoms with E-state index in [0.29, 0.717) is 24.3 Å². The van der Waals surface area contributed by atoms with Gasteiger partial charge in [0.2, 0.25) is 0 Å². The van der Waals surface area contributed by atoms with E-state index >= 15 is 0 Å². The highest BCUT2D eigenvalue weighted by Gasteiger charge is 2.22. The van der Waals surface area contributed by atoms with Gasteiger partial charge in [-0.15, -0.1) is 0 Å². The lowest BCUT2D eigenvalue weighted by atomic mass is 10.2. The lowest BCUT2D eigenvalue weighted by Gasteiger charge is -2.13. The largest absolute Gasteiger partial charge is 0.493 e. The Morgan fingerprint density at radius 1 is 1.15 bits per heavy atom. The molecule has 33 heavy (non-hydrogen) atoms. The van der Waals surface area contributed by atoms with Gasteiger partial charge in [0, 0.05) is 6.08 Å². The molecule has 1 amide bonds. The topological polar surface area (TPSA) is 108 Å². The molecule has 10 heteroatoms. The summed E-state index contributed by atoms with van der Waals surface area (Å²) in [6.45, 7) is 4.60. The monoisotopic (exact) mass is 475 g/mol. The number of methoxy groups -OCH3 is 1. The second kappa shape index (κ2) is 10.4. The molecule has 2 aromatic carbocycles. The van der Waals surface area contributed by atoms with Crippen LogP contribution in [0, 0.1) is 13.8 Å². The predicted octanol–water partition coefficient (Wildman–Crippen LogP) is 3.09. The van der Waals surface area contributed by atoms with Gasteiger partial charge in [-0.25, -0.2) is 9.59 Å². The van der Waals surface area contributed by atoms with Crippen molar-refractivity contribution in [1.29, 1.82) is 0 Å². The van der Waals surface area contributed by atoms with Gasteiger partial charge in [-0.1, -0.05) is 18.2 Å². The fraction of sp³-hybridized carbons (Fsp3) is 0.304. The number of carbonyl (C=O) groups excluding carboxylic acids is 2. The van der Waals surface area contributed by atoms with Crippen LogP contribution in [0.25, 0.3) is 6.08 Å². The molecule has 0 radical (unpaired) electrons. The molecule has 0 N–H and O–H groups in total. The molecule has 0 bridgehead atoms. The van der Waals surface area contributed by atoms with Gasteiger partial charge in [0.05, 0.1) is 20.2 Å². The van der Waals surface area contributed by atoms with E-state index in [2.05, 4.69) is 0 Å². The molecule has 0 aromatic heterocycles. The Kier molecular flexibility index (Phi) is 7.59. The molecule has 1 heterocycles. The quantitative estimate of drug-likeness (QED) is 0.309. The molecular weight excluding hydrogens is 450 g/mol. The minimum Gasteiger partial charge on any atom is -0.493 e. The molecule has 0 saturated carbocycles. The third-order valence-electron chi connectivity index (χ3n) is 4.86. The second-order valence-electron chi connectivity index (χ2n) is 7.32. The van der Waals surface area contributed by atoms with Crippen LogP contribution in [-0.4, -0.2) is 58.8 Å². The van der Waals surface area contributed by atoms with Gasteiger partial charge >= 0.3 is 22.2 Å². The first kappa shape index (κ1) is 24.1. The molecule has 9 nitrogen and oxygen atoms in total. The fourth-order valence-corrected chi connectivity index (χ4v) is 4.35. The molecule has 3 rings (SSSR count). The first-order valence-electron chi connectivity index (χ1n) is 10.2. The summed E-state index contributed by atoms with van der Waals surface area (Å²) in [4.78, 5) is 24.8. The maximum Gasteiger partial charge on any atom is 0.410 e. The predicted molar refractivity (Wildman–Crippen MR) is 120 cm³/mol. The van der Waals surface area contributed by atoms with Gasteiger partial charge in [0.1, 0.15) is 18.1 Å². The van der Waals surface area contributed by atoms with Crippen LogP contribution in [0.5, 0.6) is 11.5 Å². The van der Waals surface area contributed by atoms with Gasteiger partial charge < -0.3 is 23.3 Å². The van der Waals surface area contributed by atoms with Crippen LogP contribution in [0.1, 0.15) is 16.7 Å². The van der Waals surface area contributed by atoms with Crippen LogP contribution < -0.4 is 8.92 Å². The van der Waals surface area contributed by atoms with E-state index in [1.807, 2.05) is 6.07 Å². The molecule has 0 spiro atoms. The summed E-state index contributed by atoms with van der Waals surface area (Å²) < 4.78 is 46.0. The molecule has 0 unspecified atom stereocenters. The van der Waals surface area contributed by atoms with Crippen molar-refractivity contribution in [3.05, 3.63) is 59.2 Å². The van der Waals surface area contributed by atoms with Crippen LogP contribution in [0.3, 0.4) is 0 Å². The Balaban J connectivity index is 1.64. The minimum absolute atomic E-state index is 0.0237. The number of cyclic esters (lactones) is 1. The van der Waals surface area contributed by atoms with Crippen molar-refractivity contribution in [3.63, 3.8) is 0 Å². The van der Waals surface area contributed by atoms with Crippen molar-refractivity contribution in [2.45, 2.75) is 18.7 Å². The van der Waals surface area contributed by atoms with E-state index in [-0.39, 0.29) is 29.5 Å². The lowest BCUT2D eigenvalue weighted by Crippen LogP contribution is -2.28. The number of carbonyl (C=O) groups is 2. The number of hydrogen-bond donors (Lipinski definition) is 0. The van der Waals surface area contributed by atoms with E-state index in [4.69, 9.17) is 18.4 Å². The zero-order valence-corrected chi connectivity index (χ0v) is 19.4. The number of benzene rings is 2. The number of nitrogens with zero attached hydrogens (tertiary/aromatic N) is 1. The maximum absolute atomic E-state index is 12.8. The van der Waals surface area contributed by atoms with Crippen molar-refractivity contribution in [3.8, 4) is 11.5 Å². The van der Waals surface area contributed by atoms with Crippen molar-refractivity contribution in [2.24, 2.45) is 0 Å². The smallest absolute Gasteiger partial charge is 0.410 e. The molecule has 1 fully saturated rings. The van der Waals surface area contributed by atoms with E-state index in [9.17, 15) is 18.0 Å². The standard InChI is InChI=1S/C23H25NO8S/c1-16-4-5-17(2)21(14-16)33(27,28)32-19-8-6-18(15-20(19)29-3)7-9-22(25)30-12-10-24-11-13-31-23(24)26/h4-9,14-15H,10-13H2,1-3H3.